The maximum absolute atomic E-state index is 3.67. The van der Waals surface area contributed by atoms with Gasteiger partial charge in [0, 0.05) is 0 Å². The first kappa shape index (κ1) is 18.4. The summed E-state index contributed by atoms with van der Waals surface area (Å²) < 4.78 is 0. The summed E-state index contributed by atoms with van der Waals surface area (Å²) in [4.78, 5) is 0. The number of benzene rings is 2. The molecule has 0 unspecified atom stereocenters. The first-order valence-corrected chi connectivity index (χ1v) is 6.43. The third-order valence-corrected chi connectivity index (χ3v) is 2.79. The van der Waals surface area contributed by atoms with Crippen LogP contribution in [-0.4, -0.2) is 0 Å². The van der Waals surface area contributed by atoms with Gasteiger partial charge in [0.05, 0.1) is 0 Å². The van der Waals surface area contributed by atoms with Crippen molar-refractivity contribution in [3.05, 3.63) is 97.1 Å². The van der Waals surface area contributed by atoms with Crippen molar-refractivity contribution in [2.75, 3.05) is 0 Å². The third kappa shape index (κ3) is 6.40. The minimum absolute atomic E-state index is 0. The van der Waals surface area contributed by atoms with Crippen molar-refractivity contribution in [1.82, 2.24) is 0 Å². The van der Waals surface area contributed by atoms with Gasteiger partial charge in [0.25, 0.3) is 0 Å². The molecule has 0 nitrogen and oxygen atoms in total. The molecule has 0 bridgehead atoms. The van der Waals surface area contributed by atoms with Crippen LogP contribution in [-0.2, 0) is 0 Å². The molecule has 0 spiro atoms. The summed E-state index contributed by atoms with van der Waals surface area (Å²) in [6.45, 7) is 14.7. The lowest BCUT2D eigenvalue weighted by atomic mass is 10.1. The molecule has 21 heavy (non-hydrogen) atoms. The Bertz CT molecular complexity index is 535. The van der Waals surface area contributed by atoms with Gasteiger partial charge in [-0.1, -0.05) is 101 Å². The molecule has 0 atom stereocenters. The minimum atomic E-state index is 0. The third-order valence-electron chi connectivity index (χ3n) is 2.79. The van der Waals surface area contributed by atoms with E-state index in [1.54, 1.807) is 0 Å². The van der Waals surface area contributed by atoms with Crippen molar-refractivity contribution in [1.29, 1.82) is 0 Å². The van der Waals surface area contributed by atoms with Gasteiger partial charge in [0.1, 0.15) is 0 Å². The Hall–Kier alpha value is -2.60. The molecule has 0 aliphatic heterocycles. The van der Waals surface area contributed by atoms with E-state index < -0.39 is 0 Å². The van der Waals surface area contributed by atoms with E-state index >= 15 is 0 Å². The van der Waals surface area contributed by atoms with Crippen LogP contribution in [0, 0.1) is 0 Å². The fourth-order valence-corrected chi connectivity index (χ4v) is 1.58. The number of hydrogen-bond acceptors (Lipinski definition) is 0. The Morgan fingerprint density at radius 3 is 1.14 bits per heavy atom. The van der Waals surface area contributed by atoms with Crippen molar-refractivity contribution in [3.8, 4) is 0 Å². The van der Waals surface area contributed by atoms with E-state index in [1.807, 2.05) is 72.8 Å². The molecule has 0 heteroatoms. The van der Waals surface area contributed by atoms with E-state index in [1.165, 1.54) is 0 Å². The molecule has 0 amide bonds. The Labute approximate surface area is 129 Å². The van der Waals surface area contributed by atoms with Gasteiger partial charge < -0.3 is 0 Å². The van der Waals surface area contributed by atoms with Crippen molar-refractivity contribution >= 4 is 24.3 Å². The number of hydrogen-bond donors (Lipinski definition) is 0. The fourth-order valence-electron chi connectivity index (χ4n) is 1.58. The Morgan fingerprint density at radius 2 is 0.857 bits per heavy atom. The lowest BCUT2D eigenvalue weighted by molar-refractivity contribution is 1.63. The molecule has 2 rings (SSSR count). The molecule has 0 saturated heterocycles. The van der Waals surface area contributed by atoms with Gasteiger partial charge >= 0.3 is 0 Å². The number of rotatable bonds is 4. The van der Waals surface area contributed by atoms with Crippen molar-refractivity contribution in [2.24, 2.45) is 0 Å². The van der Waals surface area contributed by atoms with E-state index in [4.69, 9.17) is 0 Å². The zero-order chi connectivity index (χ0) is 14.8. The highest BCUT2D eigenvalue weighted by molar-refractivity contribution is 5.55. The summed E-state index contributed by atoms with van der Waals surface area (Å²) in [6.07, 6.45) is 7.31. The largest absolute Gasteiger partial charge is 0.0985 e. The molecule has 0 fully saturated rings. The molecule has 0 N–H and O–H groups in total. The van der Waals surface area contributed by atoms with E-state index in [-0.39, 0.29) is 7.43 Å². The zero-order valence-electron chi connectivity index (χ0n) is 11.8. The Kier molecular flexibility index (Phi) is 8.95. The summed E-state index contributed by atoms with van der Waals surface area (Å²) in [5.74, 6) is 0. The van der Waals surface area contributed by atoms with Gasteiger partial charge in [-0.25, -0.2) is 0 Å². The lowest BCUT2D eigenvalue weighted by Gasteiger charge is -1.93. The molecule has 0 aliphatic rings. The lowest BCUT2D eigenvalue weighted by Crippen LogP contribution is -1.72. The van der Waals surface area contributed by atoms with Gasteiger partial charge in [0.2, 0.25) is 0 Å². The molecule has 2 aromatic rings. The molecular formula is C21H24. The predicted molar refractivity (Wildman–Crippen MR) is 100.0 cm³/mol. The highest BCUT2D eigenvalue weighted by atomic mass is 13.9. The molecule has 2 aromatic carbocycles. The molecular weight excluding hydrogens is 252 g/mol. The van der Waals surface area contributed by atoms with E-state index in [2.05, 4.69) is 26.3 Å². The van der Waals surface area contributed by atoms with Crippen LogP contribution >= 0.6 is 0 Å². The monoisotopic (exact) mass is 276 g/mol. The van der Waals surface area contributed by atoms with E-state index in [0.717, 1.165) is 22.3 Å². The molecule has 0 aliphatic carbocycles. The van der Waals surface area contributed by atoms with Gasteiger partial charge in [-0.05, 0) is 28.3 Å². The summed E-state index contributed by atoms with van der Waals surface area (Å²) in [5, 5.41) is 0. The highest BCUT2D eigenvalue weighted by Gasteiger charge is 1.85. The molecule has 0 aromatic heterocycles. The minimum Gasteiger partial charge on any atom is -0.0985 e. The maximum Gasteiger partial charge on any atom is -0.0257 e. The summed E-state index contributed by atoms with van der Waals surface area (Å²) in [7, 11) is 0. The molecule has 0 heterocycles. The average Bonchev–Trinajstić information content (AvgIpc) is 2.55. The zero-order valence-corrected chi connectivity index (χ0v) is 11.8. The van der Waals surface area contributed by atoms with Crippen molar-refractivity contribution < 1.29 is 0 Å². The second-order valence-electron chi connectivity index (χ2n) is 4.15. The SMILES string of the molecule is C.C=Cc1ccc(C=C)cc1.C=Cc1cccc(C=C)c1. The average molecular weight is 276 g/mol. The normalized spacial score (nSPS) is 8.38. The predicted octanol–water partition coefficient (Wildman–Crippen LogP) is 6.58. The van der Waals surface area contributed by atoms with Crippen LogP contribution < -0.4 is 0 Å². The first-order valence-electron chi connectivity index (χ1n) is 6.43. The van der Waals surface area contributed by atoms with Crippen LogP contribution in [0.1, 0.15) is 29.7 Å². The first-order chi connectivity index (χ1) is 9.73. The van der Waals surface area contributed by atoms with E-state index in [9.17, 15) is 0 Å². The second kappa shape index (κ2) is 10.2. The summed E-state index contributed by atoms with van der Waals surface area (Å²) in [6, 6.07) is 16.1. The highest BCUT2D eigenvalue weighted by Crippen LogP contribution is 2.06. The van der Waals surface area contributed by atoms with Gasteiger partial charge in [-0.3, -0.25) is 0 Å². The second-order valence-corrected chi connectivity index (χ2v) is 4.15. The van der Waals surface area contributed by atoms with Gasteiger partial charge in [-0.2, -0.15) is 0 Å². The quantitative estimate of drug-likeness (QED) is 0.591. The topological polar surface area (TPSA) is 0 Å². The standard InChI is InChI=1S/2C10H10.CH4/c1-3-9-5-7-10(4-2)8-6-9;1-3-9-6-5-7-10(4-2)8-9;/h2*3-8H,1-2H2;1H4. The molecule has 0 saturated carbocycles. The van der Waals surface area contributed by atoms with Crippen LogP contribution in [0.2, 0.25) is 0 Å². The molecule has 108 valence electrons. The Morgan fingerprint density at radius 1 is 0.524 bits per heavy atom. The smallest absolute Gasteiger partial charge is 0.0257 e. The maximum atomic E-state index is 3.67. The summed E-state index contributed by atoms with van der Waals surface area (Å²) >= 11 is 0. The summed E-state index contributed by atoms with van der Waals surface area (Å²) in [5.41, 5.74) is 4.56. The van der Waals surface area contributed by atoms with Crippen LogP contribution in [0.15, 0.2) is 74.8 Å². The van der Waals surface area contributed by atoms with Gasteiger partial charge in [-0.15, -0.1) is 0 Å². The van der Waals surface area contributed by atoms with Crippen LogP contribution in [0.3, 0.4) is 0 Å². The van der Waals surface area contributed by atoms with Crippen LogP contribution in [0.4, 0.5) is 0 Å². The van der Waals surface area contributed by atoms with Crippen molar-refractivity contribution in [2.45, 2.75) is 7.43 Å². The van der Waals surface area contributed by atoms with E-state index in [0.29, 0.717) is 0 Å². The molecule has 0 radical (unpaired) electrons. The van der Waals surface area contributed by atoms with Gasteiger partial charge in [0.15, 0.2) is 0 Å². The Balaban J connectivity index is 0.000000364. The fraction of sp³-hybridized carbons (Fsp3) is 0.0476. The van der Waals surface area contributed by atoms with Crippen LogP contribution in [0.25, 0.3) is 24.3 Å². The van der Waals surface area contributed by atoms with Crippen LogP contribution in [0.5, 0.6) is 0 Å². The van der Waals surface area contributed by atoms with Crippen molar-refractivity contribution in [3.63, 3.8) is 0 Å².